The highest BCUT2D eigenvalue weighted by atomic mass is 19.1. The second-order valence-electron chi connectivity index (χ2n) is 5.34. The van der Waals surface area contributed by atoms with E-state index in [0.29, 0.717) is 13.0 Å². The molecule has 0 amide bonds. The predicted molar refractivity (Wildman–Crippen MR) is 82.8 cm³/mol. The van der Waals surface area contributed by atoms with Crippen LogP contribution in [0.1, 0.15) is 16.8 Å². The molecular formula is C17H18FN3. The van der Waals surface area contributed by atoms with Gasteiger partial charge in [-0.2, -0.15) is 0 Å². The van der Waals surface area contributed by atoms with E-state index >= 15 is 0 Å². The second kappa shape index (κ2) is 5.30. The molecule has 108 valence electrons. The first kappa shape index (κ1) is 13.8. The fourth-order valence-electron chi connectivity index (χ4n) is 2.74. The van der Waals surface area contributed by atoms with Gasteiger partial charge in [0.2, 0.25) is 0 Å². The standard InChI is InChI=1S/C17H18FN3/c1-11-3-5-14(12(2)9-11)17-15(7-8-19)21-10-13(18)4-6-16(21)20-17/h3-6,9-10H,7-8,19H2,1-2H3. The third-order valence-corrected chi connectivity index (χ3v) is 3.70. The Kier molecular flexibility index (Phi) is 3.47. The predicted octanol–water partition coefficient (Wildman–Crippen LogP) is 3.26. The Balaban J connectivity index is 2.28. The number of nitrogens with zero attached hydrogens (tertiary/aromatic N) is 2. The fraction of sp³-hybridized carbons (Fsp3) is 0.235. The van der Waals surface area contributed by atoms with Crippen LogP contribution in [-0.4, -0.2) is 15.9 Å². The Morgan fingerprint density at radius 1 is 1.19 bits per heavy atom. The molecule has 1 aromatic carbocycles. The molecule has 2 N–H and O–H groups in total. The average molecular weight is 283 g/mol. The molecule has 0 unspecified atom stereocenters. The second-order valence-corrected chi connectivity index (χ2v) is 5.34. The topological polar surface area (TPSA) is 43.3 Å². The lowest BCUT2D eigenvalue weighted by atomic mass is 10.0. The average Bonchev–Trinajstić information content (AvgIpc) is 2.78. The van der Waals surface area contributed by atoms with Gasteiger partial charge in [-0.25, -0.2) is 9.37 Å². The van der Waals surface area contributed by atoms with Crippen molar-refractivity contribution in [1.82, 2.24) is 9.38 Å². The molecule has 2 aromatic heterocycles. The summed E-state index contributed by atoms with van der Waals surface area (Å²) in [5, 5.41) is 0. The first-order valence-electron chi connectivity index (χ1n) is 7.04. The summed E-state index contributed by atoms with van der Waals surface area (Å²) in [5.74, 6) is -0.273. The van der Waals surface area contributed by atoms with Gasteiger partial charge in [-0.3, -0.25) is 0 Å². The zero-order valence-electron chi connectivity index (χ0n) is 12.2. The molecule has 3 aromatic rings. The van der Waals surface area contributed by atoms with Crippen molar-refractivity contribution in [3.8, 4) is 11.3 Å². The zero-order chi connectivity index (χ0) is 15.0. The Labute approximate surface area is 123 Å². The van der Waals surface area contributed by atoms with E-state index < -0.39 is 0 Å². The molecule has 3 rings (SSSR count). The van der Waals surface area contributed by atoms with Gasteiger partial charge in [0.25, 0.3) is 0 Å². The molecule has 0 radical (unpaired) electrons. The molecule has 4 heteroatoms. The van der Waals surface area contributed by atoms with E-state index in [0.717, 1.165) is 28.2 Å². The molecule has 0 fully saturated rings. The molecule has 0 aliphatic heterocycles. The van der Waals surface area contributed by atoms with Gasteiger partial charge in [-0.15, -0.1) is 0 Å². The van der Waals surface area contributed by atoms with E-state index in [1.165, 1.54) is 17.8 Å². The molecule has 3 nitrogen and oxygen atoms in total. The molecule has 0 bridgehead atoms. The summed E-state index contributed by atoms with van der Waals surface area (Å²) < 4.78 is 15.3. The van der Waals surface area contributed by atoms with Gasteiger partial charge < -0.3 is 10.1 Å². The van der Waals surface area contributed by atoms with Crippen molar-refractivity contribution in [3.05, 3.63) is 59.2 Å². The summed E-state index contributed by atoms with van der Waals surface area (Å²) in [6.07, 6.45) is 2.13. The number of hydrogen-bond acceptors (Lipinski definition) is 2. The molecular weight excluding hydrogens is 265 g/mol. The number of nitrogens with two attached hydrogens (primary N) is 1. The summed E-state index contributed by atoms with van der Waals surface area (Å²) in [5.41, 5.74) is 11.8. The lowest BCUT2D eigenvalue weighted by Gasteiger charge is -2.07. The number of aryl methyl sites for hydroxylation is 2. The SMILES string of the molecule is Cc1ccc(-c2nc3ccc(F)cn3c2CCN)c(C)c1. The van der Waals surface area contributed by atoms with Crippen LogP contribution in [0.25, 0.3) is 16.9 Å². The van der Waals surface area contributed by atoms with Crippen LogP contribution in [0.4, 0.5) is 4.39 Å². The highest BCUT2D eigenvalue weighted by molar-refractivity contribution is 5.70. The highest BCUT2D eigenvalue weighted by Crippen LogP contribution is 2.28. The van der Waals surface area contributed by atoms with Crippen LogP contribution in [0, 0.1) is 19.7 Å². The van der Waals surface area contributed by atoms with Crippen LogP contribution in [-0.2, 0) is 6.42 Å². The van der Waals surface area contributed by atoms with E-state index in [-0.39, 0.29) is 5.82 Å². The van der Waals surface area contributed by atoms with Crippen molar-refractivity contribution < 1.29 is 4.39 Å². The van der Waals surface area contributed by atoms with Gasteiger partial charge in [0.1, 0.15) is 11.5 Å². The first-order chi connectivity index (χ1) is 10.1. The van der Waals surface area contributed by atoms with Crippen LogP contribution in [0.15, 0.2) is 36.5 Å². The Morgan fingerprint density at radius 2 is 2.00 bits per heavy atom. The Hall–Kier alpha value is -2.20. The summed E-state index contributed by atoms with van der Waals surface area (Å²) in [6, 6.07) is 9.40. The van der Waals surface area contributed by atoms with E-state index in [9.17, 15) is 4.39 Å². The Morgan fingerprint density at radius 3 is 2.71 bits per heavy atom. The van der Waals surface area contributed by atoms with Crippen molar-refractivity contribution >= 4 is 5.65 Å². The van der Waals surface area contributed by atoms with Gasteiger partial charge in [0.15, 0.2) is 0 Å². The molecule has 21 heavy (non-hydrogen) atoms. The monoisotopic (exact) mass is 283 g/mol. The molecule has 0 aliphatic carbocycles. The smallest absolute Gasteiger partial charge is 0.139 e. The van der Waals surface area contributed by atoms with Gasteiger partial charge in [0.05, 0.1) is 11.4 Å². The summed E-state index contributed by atoms with van der Waals surface area (Å²) in [6.45, 7) is 4.64. The molecule has 0 saturated carbocycles. The minimum Gasteiger partial charge on any atom is -0.330 e. The maximum absolute atomic E-state index is 13.5. The van der Waals surface area contributed by atoms with Crippen molar-refractivity contribution in [2.24, 2.45) is 5.73 Å². The van der Waals surface area contributed by atoms with Gasteiger partial charge >= 0.3 is 0 Å². The Bertz CT molecular complexity index is 805. The van der Waals surface area contributed by atoms with Crippen molar-refractivity contribution in [3.63, 3.8) is 0 Å². The lowest BCUT2D eigenvalue weighted by Crippen LogP contribution is -2.06. The van der Waals surface area contributed by atoms with Crippen molar-refractivity contribution in [1.29, 1.82) is 0 Å². The summed E-state index contributed by atoms with van der Waals surface area (Å²) in [4.78, 5) is 4.67. The number of halogens is 1. The lowest BCUT2D eigenvalue weighted by molar-refractivity contribution is 0.617. The fourth-order valence-corrected chi connectivity index (χ4v) is 2.74. The number of imidazole rings is 1. The minimum absolute atomic E-state index is 0.273. The van der Waals surface area contributed by atoms with E-state index in [1.54, 1.807) is 10.5 Å². The van der Waals surface area contributed by atoms with Crippen molar-refractivity contribution in [2.45, 2.75) is 20.3 Å². The first-order valence-corrected chi connectivity index (χ1v) is 7.04. The third-order valence-electron chi connectivity index (χ3n) is 3.70. The third kappa shape index (κ3) is 2.43. The zero-order valence-corrected chi connectivity index (χ0v) is 12.2. The van der Waals surface area contributed by atoms with Crippen LogP contribution in [0.2, 0.25) is 0 Å². The van der Waals surface area contributed by atoms with E-state index in [1.807, 2.05) is 0 Å². The van der Waals surface area contributed by atoms with E-state index in [4.69, 9.17) is 5.73 Å². The number of pyridine rings is 1. The largest absolute Gasteiger partial charge is 0.330 e. The summed E-state index contributed by atoms with van der Waals surface area (Å²) in [7, 11) is 0. The normalized spacial score (nSPS) is 11.2. The van der Waals surface area contributed by atoms with Crippen molar-refractivity contribution in [2.75, 3.05) is 6.54 Å². The minimum atomic E-state index is -0.273. The van der Waals surface area contributed by atoms with Gasteiger partial charge in [-0.05, 0) is 38.1 Å². The molecule has 0 aliphatic rings. The molecule has 2 heterocycles. The number of rotatable bonds is 3. The highest BCUT2D eigenvalue weighted by Gasteiger charge is 2.15. The maximum atomic E-state index is 13.5. The molecule has 0 saturated heterocycles. The number of hydrogen-bond donors (Lipinski definition) is 1. The quantitative estimate of drug-likeness (QED) is 0.801. The van der Waals surface area contributed by atoms with E-state index in [2.05, 4.69) is 37.0 Å². The molecule has 0 spiro atoms. The summed E-state index contributed by atoms with van der Waals surface area (Å²) >= 11 is 0. The van der Waals surface area contributed by atoms with Crippen LogP contribution >= 0.6 is 0 Å². The van der Waals surface area contributed by atoms with Crippen LogP contribution in [0.3, 0.4) is 0 Å². The van der Waals surface area contributed by atoms with Crippen LogP contribution < -0.4 is 5.73 Å². The number of fused-ring (bicyclic) bond motifs is 1. The van der Waals surface area contributed by atoms with Gasteiger partial charge in [0, 0.05) is 18.2 Å². The number of aromatic nitrogens is 2. The maximum Gasteiger partial charge on any atom is 0.139 e. The van der Waals surface area contributed by atoms with Gasteiger partial charge in [-0.1, -0.05) is 23.8 Å². The molecule has 0 atom stereocenters. The van der Waals surface area contributed by atoms with Crippen LogP contribution in [0.5, 0.6) is 0 Å². The number of benzene rings is 1.